The van der Waals surface area contributed by atoms with Crippen molar-refractivity contribution in [2.24, 2.45) is 0 Å². The van der Waals surface area contributed by atoms with E-state index in [0.717, 1.165) is 0 Å². The zero-order valence-corrected chi connectivity index (χ0v) is 13.4. The highest BCUT2D eigenvalue weighted by Gasteiger charge is 2.24. The fourth-order valence-corrected chi connectivity index (χ4v) is 1.64. The molecule has 1 aromatic carbocycles. The summed E-state index contributed by atoms with van der Waals surface area (Å²) < 4.78 is 10.0. The summed E-state index contributed by atoms with van der Waals surface area (Å²) in [5, 5.41) is 11.3. The van der Waals surface area contributed by atoms with Gasteiger partial charge < -0.3 is 19.9 Å². The van der Waals surface area contributed by atoms with E-state index in [1.54, 1.807) is 51.1 Å². The Morgan fingerprint density at radius 2 is 1.78 bits per heavy atom. The van der Waals surface area contributed by atoms with E-state index in [1.165, 1.54) is 0 Å². The molecule has 23 heavy (non-hydrogen) atoms. The maximum Gasteiger partial charge on any atom is 0.408 e. The van der Waals surface area contributed by atoms with Crippen molar-refractivity contribution in [3.63, 3.8) is 0 Å². The van der Waals surface area contributed by atoms with Gasteiger partial charge >= 0.3 is 18.0 Å². The Balaban J connectivity index is 2.48. The molecule has 1 aromatic rings. The minimum absolute atomic E-state index is 0.0970. The van der Waals surface area contributed by atoms with Crippen LogP contribution in [0.15, 0.2) is 30.3 Å². The lowest BCUT2D eigenvalue weighted by atomic mass is 10.1. The number of esters is 1. The molecule has 0 saturated carbocycles. The van der Waals surface area contributed by atoms with Crippen LogP contribution < -0.4 is 10.1 Å². The number of benzene rings is 1. The molecule has 1 amide bonds. The van der Waals surface area contributed by atoms with Crippen LogP contribution in [-0.2, 0) is 14.3 Å². The molecule has 0 bridgehead atoms. The zero-order valence-electron chi connectivity index (χ0n) is 13.4. The highest BCUT2D eigenvalue weighted by Crippen LogP contribution is 2.11. The number of carbonyl (C=O) groups excluding carboxylic acids is 2. The molecule has 2 N–H and O–H groups in total. The first-order valence-corrected chi connectivity index (χ1v) is 7.15. The van der Waals surface area contributed by atoms with Crippen molar-refractivity contribution in [3.05, 3.63) is 30.3 Å². The number of rotatable bonds is 6. The molecule has 0 radical (unpaired) electrons. The predicted molar refractivity (Wildman–Crippen MR) is 82.1 cm³/mol. The van der Waals surface area contributed by atoms with Gasteiger partial charge in [0.05, 0.1) is 0 Å². The minimum atomic E-state index is -1.25. The van der Waals surface area contributed by atoms with E-state index in [4.69, 9.17) is 14.6 Å². The van der Waals surface area contributed by atoms with Crippen molar-refractivity contribution in [3.8, 4) is 5.75 Å². The highest BCUT2D eigenvalue weighted by molar-refractivity contribution is 5.81. The normalized spacial score (nSPS) is 12.1. The number of hydrogen-bond donors (Lipinski definition) is 2. The van der Waals surface area contributed by atoms with Gasteiger partial charge in [-0.15, -0.1) is 0 Å². The van der Waals surface area contributed by atoms with Gasteiger partial charge in [-0.2, -0.15) is 0 Å². The van der Waals surface area contributed by atoms with E-state index in [-0.39, 0.29) is 12.8 Å². The summed E-state index contributed by atoms with van der Waals surface area (Å²) in [6, 6.07) is 7.21. The van der Waals surface area contributed by atoms with Gasteiger partial charge in [0.15, 0.2) is 0 Å². The Labute approximate surface area is 134 Å². The zero-order chi connectivity index (χ0) is 17.5. The molecule has 0 fully saturated rings. The summed E-state index contributed by atoms with van der Waals surface area (Å²) in [5.74, 6) is -1.44. The number of carbonyl (C=O) groups is 3. The van der Waals surface area contributed by atoms with Crippen molar-refractivity contribution in [2.45, 2.75) is 45.3 Å². The van der Waals surface area contributed by atoms with Gasteiger partial charge in [0.2, 0.25) is 0 Å². The molecule has 1 rings (SSSR count). The molecule has 0 saturated heterocycles. The summed E-state index contributed by atoms with van der Waals surface area (Å²) >= 11 is 0. The van der Waals surface area contributed by atoms with Crippen LogP contribution >= 0.6 is 0 Å². The van der Waals surface area contributed by atoms with Crippen molar-refractivity contribution >= 4 is 18.0 Å². The number of para-hydroxylation sites is 1. The van der Waals surface area contributed by atoms with E-state index in [2.05, 4.69) is 5.32 Å². The lowest BCUT2D eigenvalue weighted by Gasteiger charge is -2.21. The average Bonchev–Trinajstić information content (AvgIpc) is 2.42. The standard InChI is InChI=1S/C16H21NO6/c1-16(2,3)23-15(21)17-12(14(19)20)9-10-13(18)22-11-7-5-4-6-8-11/h4-8,12H,9-10H2,1-3H3,(H,17,21)(H,19,20)/t12-/m0/s1. The Bertz CT molecular complexity index is 549. The van der Waals surface area contributed by atoms with Crippen LogP contribution in [0.1, 0.15) is 33.6 Å². The van der Waals surface area contributed by atoms with Crippen molar-refractivity contribution < 1.29 is 29.0 Å². The summed E-state index contributed by atoms with van der Waals surface area (Å²) in [6.07, 6.45) is -1.09. The maximum atomic E-state index is 11.7. The summed E-state index contributed by atoms with van der Waals surface area (Å²) in [4.78, 5) is 34.4. The number of amides is 1. The molecular formula is C16H21NO6. The molecule has 0 unspecified atom stereocenters. The molecule has 0 aliphatic carbocycles. The third-order valence-electron chi connectivity index (χ3n) is 2.60. The Kier molecular flexibility index (Phi) is 6.56. The fraction of sp³-hybridized carbons (Fsp3) is 0.438. The molecule has 0 aliphatic rings. The molecule has 0 aromatic heterocycles. The Morgan fingerprint density at radius 3 is 2.30 bits per heavy atom. The van der Waals surface area contributed by atoms with Crippen LogP contribution in [0.25, 0.3) is 0 Å². The Hall–Kier alpha value is -2.57. The van der Waals surface area contributed by atoms with E-state index in [1.807, 2.05) is 0 Å². The summed E-state index contributed by atoms with van der Waals surface area (Å²) in [5.41, 5.74) is -0.737. The lowest BCUT2D eigenvalue weighted by Crippen LogP contribution is -2.43. The van der Waals surface area contributed by atoms with Gasteiger partial charge in [0, 0.05) is 6.42 Å². The van der Waals surface area contributed by atoms with Crippen LogP contribution in [0.5, 0.6) is 5.75 Å². The summed E-state index contributed by atoms with van der Waals surface area (Å²) in [6.45, 7) is 5.00. The number of alkyl carbamates (subject to hydrolysis) is 1. The second-order valence-corrected chi connectivity index (χ2v) is 5.86. The second kappa shape index (κ2) is 8.17. The SMILES string of the molecule is CC(C)(C)OC(=O)N[C@@H](CCC(=O)Oc1ccccc1)C(=O)O. The Morgan fingerprint density at radius 1 is 1.17 bits per heavy atom. The van der Waals surface area contributed by atoms with E-state index in [0.29, 0.717) is 5.75 Å². The largest absolute Gasteiger partial charge is 0.480 e. The molecular weight excluding hydrogens is 302 g/mol. The molecule has 0 spiro atoms. The number of nitrogens with one attached hydrogen (secondary N) is 1. The predicted octanol–water partition coefficient (Wildman–Crippen LogP) is 2.35. The van der Waals surface area contributed by atoms with Gasteiger partial charge in [0.25, 0.3) is 0 Å². The van der Waals surface area contributed by atoms with E-state index < -0.39 is 29.7 Å². The topological polar surface area (TPSA) is 102 Å². The van der Waals surface area contributed by atoms with Crippen molar-refractivity contribution in [1.29, 1.82) is 0 Å². The van der Waals surface area contributed by atoms with E-state index >= 15 is 0 Å². The smallest absolute Gasteiger partial charge is 0.408 e. The second-order valence-electron chi connectivity index (χ2n) is 5.86. The molecule has 126 valence electrons. The number of aliphatic carboxylic acids is 1. The van der Waals surface area contributed by atoms with Gasteiger partial charge in [-0.25, -0.2) is 9.59 Å². The first-order valence-electron chi connectivity index (χ1n) is 7.15. The van der Waals surface area contributed by atoms with Gasteiger partial charge in [-0.1, -0.05) is 18.2 Å². The number of hydrogen-bond acceptors (Lipinski definition) is 5. The molecule has 7 heteroatoms. The molecule has 0 heterocycles. The number of ether oxygens (including phenoxy) is 2. The van der Waals surface area contributed by atoms with Crippen LogP contribution in [0.2, 0.25) is 0 Å². The monoisotopic (exact) mass is 323 g/mol. The lowest BCUT2D eigenvalue weighted by molar-refractivity contribution is -0.140. The van der Waals surface area contributed by atoms with Gasteiger partial charge in [0.1, 0.15) is 17.4 Å². The van der Waals surface area contributed by atoms with Gasteiger partial charge in [-0.05, 0) is 39.3 Å². The number of carboxylic acids is 1. The highest BCUT2D eigenvalue weighted by atomic mass is 16.6. The maximum absolute atomic E-state index is 11.7. The van der Waals surface area contributed by atoms with Crippen LogP contribution in [-0.4, -0.2) is 34.8 Å². The summed E-state index contributed by atoms with van der Waals surface area (Å²) in [7, 11) is 0. The third kappa shape index (κ3) is 7.85. The van der Waals surface area contributed by atoms with Crippen molar-refractivity contribution in [2.75, 3.05) is 0 Å². The number of carboxylic acid groups (broad SMARTS) is 1. The third-order valence-corrected chi connectivity index (χ3v) is 2.60. The van der Waals surface area contributed by atoms with E-state index in [9.17, 15) is 14.4 Å². The molecule has 1 atom stereocenters. The first-order chi connectivity index (χ1) is 10.7. The van der Waals surface area contributed by atoms with Crippen LogP contribution in [0.4, 0.5) is 4.79 Å². The minimum Gasteiger partial charge on any atom is -0.480 e. The molecule has 0 aliphatic heterocycles. The van der Waals surface area contributed by atoms with Gasteiger partial charge in [-0.3, -0.25) is 4.79 Å². The fourth-order valence-electron chi connectivity index (χ4n) is 1.64. The average molecular weight is 323 g/mol. The van der Waals surface area contributed by atoms with Crippen LogP contribution in [0, 0.1) is 0 Å². The molecule has 7 nitrogen and oxygen atoms in total. The first kappa shape index (κ1) is 18.5. The quantitative estimate of drug-likeness (QED) is 0.615. The van der Waals surface area contributed by atoms with Crippen LogP contribution in [0.3, 0.4) is 0 Å². The van der Waals surface area contributed by atoms with Crippen molar-refractivity contribution in [1.82, 2.24) is 5.32 Å².